The molecular weight excluding hydrogens is 268 g/mol. The minimum atomic E-state index is -0.605. The standard InChI is InChI=1S/C16H20N2O3/c1-11-5-3-6-13(9-17)15(11)21-12(2)16(19)18-10-14-7-4-8-20-14/h3-8,12H,9-10,17H2,1-2H3,(H,18,19). The Balaban J connectivity index is 1.97. The van der Waals surface area contributed by atoms with Crippen molar-refractivity contribution in [2.75, 3.05) is 0 Å². The van der Waals surface area contributed by atoms with E-state index >= 15 is 0 Å². The summed E-state index contributed by atoms with van der Waals surface area (Å²) in [5, 5.41) is 2.77. The van der Waals surface area contributed by atoms with E-state index in [0.29, 0.717) is 24.6 Å². The van der Waals surface area contributed by atoms with E-state index in [2.05, 4.69) is 5.32 Å². The van der Waals surface area contributed by atoms with Crippen LogP contribution in [0.3, 0.4) is 0 Å². The van der Waals surface area contributed by atoms with E-state index < -0.39 is 6.10 Å². The van der Waals surface area contributed by atoms with Gasteiger partial charge in [0.05, 0.1) is 12.8 Å². The van der Waals surface area contributed by atoms with Gasteiger partial charge >= 0.3 is 0 Å². The molecule has 112 valence electrons. The van der Waals surface area contributed by atoms with Crippen LogP contribution in [0.4, 0.5) is 0 Å². The van der Waals surface area contributed by atoms with E-state index in [-0.39, 0.29) is 5.91 Å². The topological polar surface area (TPSA) is 77.5 Å². The smallest absolute Gasteiger partial charge is 0.261 e. The van der Waals surface area contributed by atoms with Gasteiger partial charge in [0.1, 0.15) is 11.5 Å². The zero-order chi connectivity index (χ0) is 15.2. The second-order valence-electron chi connectivity index (χ2n) is 4.82. The first-order valence-corrected chi connectivity index (χ1v) is 6.87. The molecule has 0 spiro atoms. The summed E-state index contributed by atoms with van der Waals surface area (Å²) in [6.07, 6.45) is 0.966. The van der Waals surface area contributed by atoms with Gasteiger partial charge in [-0.15, -0.1) is 0 Å². The van der Waals surface area contributed by atoms with Crippen molar-refractivity contribution in [3.8, 4) is 5.75 Å². The third kappa shape index (κ3) is 3.86. The number of furan rings is 1. The van der Waals surface area contributed by atoms with Gasteiger partial charge in [-0.1, -0.05) is 18.2 Å². The third-order valence-electron chi connectivity index (χ3n) is 3.19. The monoisotopic (exact) mass is 288 g/mol. The van der Waals surface area contributed by atoms with Gasteiger partial charge in [-0.25, -0.2) is 0 Å². The zero-order valence-electron chi connectivity index (χ0n) is 12.3. The van der Waals surface area contributed by atoms with E-state index in [9.17, 15) is 4.79 Å². The lowest BCUT2D eigenvalue weighted by molar-refractivity contribution is -0.127. The fourth-order valence-corrected chi connectivity index (χ4v) is 2.00. The van der Waals surface area contributed by atoms with Crippen LogP contribution < -0.4 is 15.8 Å². The number of carbonyl (C=O) groups excluding carboxylic acids is 1. The van der Waals surface area contributed by atoms with Gasteiger partial charge in [-0.05, 0) is 31.5 Å². The lowest BCUT2D eigenvalue weighted by atomic mass is 10.1. The summed E-state index contributed by atoms with van der Waals surface area (Å²) in [5.74, 6) is 1.19. The maximum absolute atomic E-state index is 12.0. The van der Waals surface area contributed by atoms with E-state index in [1.165, 1.54) is 0 Å². The Hall–Kier alpha value is -2.27. The summed E-state index contributed by atoms with van der Waals surface area (Å²) in [5.41, 5.74) is 7.55. The summed E-state index contributed by atoms with van der Waals surface area (Å²) >= 11 is 0. The molecule has 0 radical (unpaired) electrons. The lowest BCUT2D eigenvalue weighted by Crippen LogP contribution is -2.36. The van der Waals surface area contributed by atoms with Gasteiger partial charge in [-0.3, -0.25) is 4.79 Å². The summed E-state index contributed by atoms with van der Waals surface area (Å²) in [7, 11) is 0. The van der Waals surface area contributed by atoms with E-state index in [1.54, 1.807) is 25.3 Å². The maximum atomic E-state index is 12.0. The third-order valence-corrected chi connectivity index (χ3v) is 3.19. The van der Waals surface area contributed by atoms with Crippen molar-refractivity contribution in [2.24, 2.45) is 5.73 Å². The molecule has 1 amide bonds. The molecular formula is C16H20N2O3. The Morgan fingerprint density at radius 3 is 2.86 bits per heavy atom. The Bertz CT molecular complexity index is 594. The largest absolute Gasteiger partial charge is 0.480 e. The first-order valence-electron chi connectivity index (χ1n) is 6.87. The Morgan fingerprint density at radius 1 is 1.38 bits per heavy atom. The van der Waals surface area contributed by atoms with Crippen LogP contribution in [0, 0.1) is 6.92 Å². The van der Waals surface area contributed by atoms with Crippen molar-refractivity contribution in [3.63, 3.8) is 0 Å². The highest BCUT2D eigenvalue weighted by Crippen LogP contribution is 2.24. The quantitative estimate of drug-likeness (QED) is 0.853. The average molecular weight is 288 g/mol. The molecule has 21 heavy (non-hydrogen) atoms. The van der Waals surface area contributed by atoms with Crippen molar-refractivity contribution >= 4 is 5.91 Å². The molecule has 1 heterocycles. The molecule has 0 saturated heterocycles. The van der Waals surface area contributed by atoms with Crippen LogP contribution in [0.2, 0.25) is 0 Å². The molecule has 0 aliphatic carbocycles. The second kappa shape index (κ2) is 6.95. The molecule has 2 rings (SSSR count). The van der Waals surface area contributed by atoms with Crippen molar-refractivity contribution in [1.82, 2.24) is 5.32 Å². The van der Waals surface area contributed by atoms with Crippen LogP contribution in [-0.4, -0.2) is 12.0 Å². The molecule has 1 aromatic heterocycles. The Morgan fingerprint density at radius 2 is 2.19 bits per heavy atom. The number of aryl methyl sites for hydroxylation is 1. The number of nitrogens with two attached hydrogens (primary N) is 1. The van der Waals surface area contributed by atoms with Crippen LogP contribution in [0.1, 0.15) is 23.8 Å². The van der Waals surface area contributed by atoms with Gasteiger partial charge in [0.15, 0.2) is 6.10 Å². The van der Waals surface area contributed by atoms with Gasteiger partial charge < -0.3 is 20.2 Å². The average Bonchev–Trinajstić information content (AvgIpc) is 3.00. The number of rotatable bonds is 6. The van der Waals surface area contributed by atoms with Gasteiger partial charge in [0, 0.05) is 12.1 Å². The van der Waals surface area contributed by atoms with Crippen LogP contribution in [0.25, 0.3) is 0 Å². The number of hydrogen-bond acceptors (Lipinski definition) is 4. The lowest BCUT2D eigenvalue weighted by Gasteiger charge is -2.18. The highest BCUT2D eigenvalue weighted by Gasteiger charge is 2.17. The fourth-order valence-electron chi connectivity index (χ4n) is 2.00. The highest BCUT2D eigenvalue weighted by molar-refractivity contribution is 5.80. The number of amides is 1. The van der Waals surface area contributed by atoms with Crippen LogP contribution in [-0.2, 0) is 17.9 Å². The first-order chi connectivity index (χ1) is 10.1. The predicted octanol–water partition coefficient (Wildman–Crippen LogP) is 2.13. The molecule has 5 heteroatoms. The SMILES string of the molecule is Cc1cccc(CN)c1OC(C)C(=O)NCc1ccco1. The van der Waals surface area contributed by atoms with Crippen molar-refractivity contribution in [2.45, 2.75) is 33.0 Å². The summed E-state index contributed by atoms with van der Waals surface area (Å²) in [6, 6.07) is 9.34. The minimum Gasteiger partial charge on any atom is -0.480 e. The summed E-state index contributed by atoms with van der Waals surface area (Å²) in [4.78, 5) is 12.0. The van der Waals surface area contributed by atoms with Gasteiger partial charge in [-0.2, -0.15) is 0 Å². The number of para-hydroxylation sites is 1. The van der Waals surface area contributed by atoms with Crippen LogP contribution in [0.5, 0.6) is 5.75 Å². The van der Waals surface area contributed by atoms with Crippen molar-refractivity contribution < 1.29 is 13.9 Å². The Labute approximate surface area is 124 Å². The van der Waals surface area contributed by atoms with Crippen molar-refractivity contribution in [3.05, 3.63) is 53.5 Å². The fraction of sp³-hybridized carbons (Fsp3) is 0.312. The zero-order valence-corrected chi connectivity index (χ0v) is 12.3. The molecule has 2 aromatic rings. The molecule has 0 aliphatic rings. The van der Waals surface area contributed by atoms with Crippen LogP contribution in [0.15, 0.2) is 41.0 Å². The second-order valence-corrected chi connectivity index (χ2v) is 4.82. The Kier molecular flexibility index (Phi) is 5.00. The summed E-state index contributed by atoms with van der Waals surface area (Å²) < 4.78 is 10.9. The number of carbonyl (C=O) groups is 1. The molecule has 3 N–H and O–H groups in total. The predicted molar refractivity (Wildman–Crippen MR) is 79.7 cm³/mol. The number of nitrogens with one attached hydrogen (secondary N) is 1. The van der Waals surface area contributed by atoms with Crippen molar-refractivity contribution in [1.29, 1.82) is 0 Å². The van der Waals surface area contributed by atoms with E-state index in [4.69, 9.17) is 14.9 Å². The normalized spacial score (nSPS) is 12.0. The molecule has 0 aliphatic heterocycles. The number of hydrogen-bond donors (Lipinski definition) is 2. The maximum Gasteiger partial charge on any atom is 0.261 e. The highest BCUT2D eigenvalue weighted by atomic mass is 16.5. The molecule has 1 aromatic carbocycles. The summed E-state index contributed by atoms with van der Waals surface area (Å²) in [6.45, 7) is 4.36. The number of benzene rings is 1. The van der Waals surface area contributed by atoms with E-state index in [1.807, 2.05) is 25.1 Å². The molecule has 0 bridgehead atoms. The first kappa shape index (κ1) is 15.1. The van der Waals surface area contributed by atoms with Crippen LogP contribution >= 0.6 is 0 Å². The molecule has 1 unspecified atom stereocenters. The van der Waals surface area contributed by atoms with E-state index in [0.717, 1.165) is 11.1 Å². The molecule has 1 atom stereocenters. The van der Waals surface area contributed by atoms with Gasteiger partial charge in [0.2, 0.25) is 0 Å². The minimum absolute atomic E-state index is 0.197. The molecule has 5 nitrogen and oxygen atoms in total. The van der Waals surface area contributed by atoms with Gasteiger partial charge in [0.25, 0.3) is 5.91 Å². The molecule has 0 fully saturated rings. The number of ether oxygens (including phenoxy) is 1. The molecule has 0 saturated carbocycles.